The maximum atomic E-state index is 13.1. The summed E-state index contributed by atoms with van der Waals surface area (Å²) in [5, 5.41) is 5.23. The SMILES string of the molecule is CCn1cnc2c1CCN(C(=O)c1cc3cnn(CC)c3nc1C)C2. The molecule has 1 aliphatic rings. The molecule has 3 aromatic rings. The molecule has 3 aromatic heterocycles. The summed E-state index contributed by atoms with van der Waals surface area (Å²) in [6.45, 7) is 8.98. The molecular weight excluding hydrogens is 316 g/mol. The summed E-state index contributed by atoms with van der Waals surface area (Å²) in [5.41, 5.74) is 4.49. The van der Waals surface area contributed by atoms with E-state index in [0.29, 0.717) is 18.7 Å². The van der Waals surface area contributed by atoms with Gasteiger partial charge < -0.3 is 9.47 Å². The van der Waals surface area contributed by atoms with Crippen molar-refractivity contribution in [2.45, 2.75) is 46.8 Å². The second kappa shape index (κ2) is 5.98. The fraction of sp³-hybridized carbons (Fsp3) is 0.444. The van der Waals surface area contributed by atoms with Crippen LogP contribution in [0.25, 0.3) is 11.0 Å². The van der Waals surface area contributed by atoms with Crippen LogP contribution in [0.4, 0.5) is 0 Å². The highest BCUT2D eigenvalue weighted by molar-refractivity contribution is 5.98. The molecule has 0 radical (unpaired) electrons. The Morgan fingerprint density at radius 2 is 2.12 bits per heavy atom. The lowest BCUT2D eigenvalue weighted by molar-refractivity contribution is 0.0730. The Labute approximate surface area is 146 Å². The van der Waals surface area contributed by atoms with Gasteiger partial charge in [0.2, 0.25) is 0 Å². The van der Waals surface area contributed by atoms with Crippen LogP contribution in [-0.2, 0) is 26.1 Å². The van der Waals surface area contributed by atoms with Gasteiger partial charge in [-0.2, -0.15) is 5.10 Å². The average Bonchev–Trinajstić information content (AvgIpc) is 3.22. The standard InChI is InChI=1S/C18H22N6O/c1-4-22-11-19-15-10-23(7-6-16(15)22)18(25)14-8-13-9-20-24(5-2)17(13)21-12(14)3/h8-9,11H,4-7,10H2,1-3H3. The fourth-order valence-electron chi connectivity index (χ4n) is 3.53. The van der Waals surface area contributed by atoms with Gasteiger partial charge in [-0.3, -0.25) is 4.79 Å². The van der Waals surface area contributed by atoms with E-state index in [1.165, 1.54) is 5.69 Å². The number of hydrogen-bond donors (Lipinski definition) is 0. The molecule has 4 heterocycles. The fourth-order valence-corrected chi connectivity index (χ4v) is 3.53. The molecule has 25 heavy (non-hydrogen) atoms. The molecule has 0 saturated heterocycles. The highest BCUT2D eigenvalue weighted by Crippen LogP contribution is 2.22. The molecule has 0 aliphatic carbocycles. The van der Waals surface area contributed by atoms with E-state index in [1.54, 1.807) is 6.20 Å². The van der Waals surface area contributed by atoms with Gasteiger partial charge in [0.05, 0.1) is 36.0 Å². The Hall–Kier alpha value is -2.70. The van der Waals surface area contributed by atoms with Crippen LogP contribution in [0.1, 0.15) is 41.3 Å². The molecule has 7 heteroatoms. The van der Waals surface area contributed by atoms with Gasteiger partial charge in [0.15, 0.2) is 5.65 Å². The van der Waals surface area contributed by atoms with Gasteiger partial charge in [0, 0.05) is 37.1 Å². The number of aromatic nitrogens is 5. The van der Waals surface area contributed by atoms with Crippen LogP contribution in [0.3, 0.4) is 0 Å². The van der Waals surface area contributed by atoms with E-state index in [2.05, 4.69) is 26.6 Å². The van der Waals surface area contributed by atoms with Crippen LogP contribution in [0.15, 0.2) is 18.6 Å². The number of aryl methyl sites for hydroxylation is 3. The van der Waals surface area contributed by atoms with Gasteiger partial charge in [0.25, 0.3) is 5.91 Å². The maximum absolute atomic E-state index is 13.1. The monoisotopic (exact) mass is 338 g/mol. The molecule has 7 nitrogen and oxygen atoms in total. The van der Waals surface area contributed by atoms with Crippen molar-refractivity contribution in [1.82, 2.24) is 29.2 Å². The number of carbonyl (C=O) groups is 1. The molecule has 1 aliphatic heterocycles. The van der Waals surface area contributed by atoms with Gasteiger partial charge in [0.1, 0.15) is 0 Å². The van der Waals surface area contributed by atoms with Crippen molar-refractivity contribution in [3.63, 3.8) is 0 Å². The molecule has 0 unspecified atom stereocenters. The number of nitrogens with zero attached hydrogens (tertiary/aromatic N) is 6. The van der Waals surface area contributed by atoms with Crippen molar-refractivity contribution in [2.24, 2.45) is 0 Å². The zero-order valence-electron chi connectivity index (χ0n) is 14.9. The Kier molecular flexibility index (Phi) is 3.78. The average molecular weight is 338 g/mol. The number of hydrogen-bond acceptors (Lipinski definition) is 4. The third kappa shape index (κ3) is 2.50. The molecule has 0 saturated carbocycles. The summed E-state index contributed by atoms with van der Waals surface area (Å²) < 4.78 is 4.01. The predicted octanol–water partition coefficient (Wildman–Crippen LogP) is 2.17. The third-order valence-corrected chi connectivity index (χ3v) is 4.95. The van der Waals surface area contributed by atoms with Gasteiger partial charge in [-0.05, 0) is 26.8 Å². The molecule has 0 spiro atoms. The number of imidazole rings is 1. The van der Waals surface area contributed by atoms with Crippen molar-refractivity contribution in [3.8, 4) is 0 Å². The lowest BCUT2D eigenvalue weighted by atomic mass is 10.1. The molecule has 0 N–H and O–H groups in total. The zero-order valence-corrected chi connectivity index (χ0v) is 14.9. The molecule has 4 rings (SSSR count). The highest BCUT2D eigenvalue weighted by atomic mass is 16.2. The summed E-state index contributed by atoms with van der Waals surface area (Å²) in [4.78, 5) is 24.0. The van der Waals surface area contributed by atoms with Crippen molar-refractivity contribution >= 4 is 16.9 Å². The minimum atomic E-state index is 0.0212. The van der Waals surface area contributed by atoms with Gasteiger partial charge in [-0.1, -0.05) is 0 Å². The summed E-state index contributed by atoms with van der Waals surface area (Å²) >= 11 is 0. The summed E-state index contributed by atoms with van der Waals surface area (Å²) in [5.74, 6) is 0.0212. The van der Waals surface area contributed by atoms with E-state index in [1.807, 2.05) is 35.8 Å². The molecule has 0 atom stereocenters. The quantitative estimate of drug-likeness (QED) is 0.734. The lowest BCUT2D eigenvalue weighted by Crippen LogP contribution is -2.37. The van der Waals surface area contributed by atoms with E-state index in [0.717, 1.165) is 41.9 Å². The van der Waals surface area contributed by atoms with Crippen LogP contribution in [0.2, 0.25) is 0 Å². The van der Waals surface area contributed by atoms with E-state index in [-0.39, 0.29) is 5.91 Å². The van der Waals surface area contributed by atoms with Crippen molar-refractivity contribution in [1.29, 1.82) is 0 Å². The van der Waals surface area contributed by atoms with E-state index in [4.69, 9.17) is 0 Å². The highest BCUT2D eigenvalue weighted by Gasteiger charge is 2.26. The lowest BCUT2D eigenvalue weighted by Gasteiger charge is -2.27. The summed E-state index contributed by atoms with van der Waals surface area (Å²) in [7, 11) is 0. The second-order valence-corrected chi connectivity index (χ2v) is 6.40. The minimum Gasteiger partial charge on any atom is -0.334 e. The number of amides is 1. The van der Waals surface area contributed by atoms with Gasteiger partial charge in [-0.25, -0.2) is 14.6 Å². The number of rotatable bonds is 3. The smallest absolute Gasteiger partial charge is 0.256 e. The van der Waals surface area contributed by atoms with Crippen molar-refractivity contribution < 1.29 is 4.79 Å². The minimum absolute atomic E-state index is 0.0212. The van der Waals surface area contributed by atoms with Crippen molar-refractivity contribution in [3.05, 3.63) is 41.2 Å². The number of carbonyl (C=O) groups excluding carboxylic acids is 1. The van der Waals surface area contributed by atoms with Crippen LogP contribution in [0.5, 0.6) is 0 Å². The Morgan fingerprint density at radius 1 is 1.28 bits per heavy atom. The van der Waals surface area contributed by atoms with Crippen molar-refractivity contribution in [2.75, 3.05) is 6.54 Å². The summed E-state index contributed by atoms with van der Waals surface area (Å²) in [6.07, 6.45) is 4.49. The van der Waals surface area contributed by atoms with Gasteiger partial charge >= 0.3 is 0 Å². The Morgan fingerprint density at radius 3 is 2.88 bits per heavy atom. The summed E-state index contributed by atoms with van der Waals surface area (Å²) in [6, 6.07) is 1.92. The van der Waals surface area contributed by atoms with Crippen LogP contribution in [-0.4, -0.2) is 41.7 Å². The van der Waals surface area contributed by atoms with E-state index >= 15 is 0 Å². The van der Waals surface area contributed by atoms with Crippen LogP contribution in [0, 0.1) is 6.92 Å². The van der Waals surface area contributed by atoms with E-state index in [9.17, 15) is 4.79 Å². The Bertz CT molecular complexity index is 954. The third-order valence-electron chi connectivity index (χ3n) is 4.95. The second-order valence-electron chi connectivity index (χ2n) is 6.40. The molecule has 1 amide bonds. The molecule has 130 valence electrons. The molecule has 0 fully saturated rings. The van der Waals surface area contributed by atoms with Gasteiger partial charge in [-0.15, -0.1) is 0 Å². The van der Waals surface area contributed by atoms with E-state index < -0.39 is 0 Å². The normalized spacial score (nSPS) is 14.1. The number of fused-ring (bicyclic) bond motifs is 2. The first-order valence-corrected chi connectivity index (χ1v) is 8.77. The van der Waals surface area contributed by atoms with Crippen LogP contribution < -0.4 is 0 Å². The maximum Gasteiger partial charge on any atom is 0.256 e. The molecule has 0 bridgehead atoms. The Balaban J connectivity index is 1.65. The van der Waals surface area contributed by atoms with Crippen LogP contribution >= 0.6 is 0 Å². The zero-order chi connectivity index (χ0) is 17.6. The number of pyridine rings is 1. The predicted molar refractivity (Wildman–Crippen MR) is 94.3 cm³/mol. The topological polar surface area (TPSA) is 68.8 Å². The molecular formula is C18H22N6O. The first-order chi connectivity index (χ1) is 12.1. The molecule has 0 aromatic carbocycles. The largest absolute Gasteiger partial charge is 0.334 e. The first-order valence-electron chi connectivity index (χ1n) is 8.77. The first kappa shape index (κ1) is 15.8.